The predicted molar refractivity (Wildman–Crippen MR) is 94.0 cm³/mol. The Morgan fingerprint density at radius 1 is 1.07 bits per heavy atom. The van der Waals surface area contributed by atoms with Gasteiger partial charge in [0.25, 0.3) is 5.91 Å². The van der Waals surface area contributed by atoms with Gasteiger partial charge in [0, 0.05) is 18.7 Å². The molecule has 1 saturated heterocycles. The van der Waals surface area contributed by atoms with Crippen molar-refractivity contribution < 1.29 is 22.7 Å². The van der Waals surface area contributed by atoms with E-state index in [0.717, 1.165) is 38.1 Å². The van der Waals surface area contributed by atoms with Gasteiger partial charge in [-0.25, -0.2) is 9.97 Å². The van der Waals surface area contributed by atoms with Gasteiger partial charge >= 0.3 is 6.36 Å². The molecule has 1 N–H and O–H groups in total. The number of nitrogens with one attached hydrogen (secondary N) is 1. The Bertz CT molecular complexity index is 808. The zero-order valence-electron chi connectivity index (χ0n) is 14.9. The Labute approximate surface area is 154 Å². The Kier molecular flexibility index (Phi) is 5.20. The van der Waals surface area contributed by atoms with Crippen molar-refractivity contribution in [3.05, 3.63) is 41.2 Å². The molecule has 1 aliphatic heterocycles. The summed E-state index contributed by atoms with van der Waals surface area (Å²) in [5.74, 6) is -0.198. The Hall–Kier alpha value is -2.84. The molecule has 144 valence electrons. The van der Waals surface area contributed by atoms with Gasteiger partial charge in [0.15, 0.2) is 0 Å². The van der Waals surface area contributed by atoms with Gasteiger partial charge in [-0.2, -0.15) is 0 Å². The van der Waals surface area contributed by atoms with E-state index in [2.05, 4.69) is 24.9 Å². The van der Waals surface area contributed by atoms with Crippen molar-refractivity contribution in [3.63, 3.8) is 0 Å². The van der Waals surface area contributed by atoms with Crippen LogP contribution in [0, 0.1) is 13.8 Å². The lowest BCUT2D eigenvalue weighted by molar-refractivity contribution is -0.274. The molecule has 1 aliphatic rings. The molecule has 1 aromatic heterocycles. The number of anilines is 2. The average Bonchev–Trinajstić information content (AvgIpc) is 3.11. The zero-order valence-corrected chi connectivity index (χ0v) is 14.9. The number of hydrogen-bond donors (Lipinski definition) is 1. The largest absolute Gasteiger partial charge is 0.573 e. The van der Waals surface area contributed by atoms with Gasteiger partial charge in [-0.1, -0.05) is 0 Å². The normalized spacial score (nSPS) is 14.3. The molecule has 2 heterocycles. The standard InChI is InChI=1S/C18H19F3N4O2/c1-11-15(12(2)23-17(22-11)25-9-3-4-10-25)24-16(26)13-5-7-14(8-6-13)27-18(19,20)21/h5-8H,3-4,9-10H2,1-2H3,(H,24,26). The van der Waals surface area contributed by atoms with Gasteiger partial charge in [0.1, 0.15) is 5.75 Å². The number of halogens is 3. The Morgan fingerprint density at radius 2 is 1.63 bits per heavy atom. The number of hydrogen-bond acceptors (Lipinski definition) is 5. The molecule has 27 heavy (non-hydrogen) atoms. The molecule has 0 radical (unpaired) electrons. The summed E-state index contributed by atoms with van der Waals surface area (Å²) in [6, 6.07) is 4.71. The number of carbonyl (C=O) groups excluding carboxylic acids is 1. The fourth-order valence-electron chi connectivity index (χ4n) is 2.93. The van der Waals surface area contributed by atoms with Gasteiger partial charge in [-0.15, -0.1) is 13.2 Å². The summed E-state index contributed by atoms with van der Waals surface area (Å²) in [6.07, 6.45) is -2.56. The first-order valence-electron chi connectivity index (χ1n) is 8.50. The SMILES string of the molecule is Cc1nc(N2CCCC2)nc(C)c1NC(=O)c1ccc(OC(F)(F)F)cc1. The van der Waals surface area contributed by atoms with Crippen LogP contribution >= 0.6 is 0 Å². The topological polar surface area (TPSA) is 67.4 Å². The van der Waals surface area contributed by atoms with Crippen molar-refractivity contribution in [1.29, 1.82) is 0 Å². The zero-order chi connectivity index (χ0) is 19.6. The van der Waals surface area contributed by atoms with Crippen LogP contribution in [-0.2, 0) is 0 Å². The molecule has 0 atom stereocenters. The lowest BCUT2D eigenvalue weighted by Gasteiger charge is -2.18. The van der Waals surface area contributed by atoms with Gasteiger partial charge < -0.3 is 15.0 Å². The van der Waals surface area contributed by atoms with Crippen LogP contribution in [0.5, 0.6) is 5.75 Å². The molecule has 0 saturated carbocycles. The molecule has 0 aliphatic carbocycles. The molecule has 6 nitrogen and oxygen atoms in total. The minimum atomic E-state index is -4.77. The first-order chi connectivity index (χ1) is 12.7. The van der Waals surface area contributed by atoms with E-state index in [0.29, 0.717) is 23.0 Å². The molecular weight excluding hydrogens is 361 g/mol. The molecule has 2 aromatic rings. The summed E-state index contributed by atoms with van der Waals surface area (Å²) in [6.45, 7) is 5.39. The van der Waals surface area contributed by atoms with Crippen LogP contribution in [-0.4, -0.2) is 35.3 Å². The van der Waals surface area contributed by atoms with Crippen LogP contribution in [0.3, 0.4) is 0 Å². The number of aryl methyl sites for hydroxylation is 2. The second-order valence-electron chi connectivity index (χ2n) is 6.29. The number of aromatic nitrogens is 2. The van der Waals surface area contributed by atoms with Gasteiger partial charge in [-0.05, 0) is 51.0 Å². The average molecular weight is 380 g/mol. The number of amides is 1. The van der Waals surface area contributed by atoms with E-state index < -0.39 is 12.3 Å². The van der Waals surface area contributed by atoms with Gasteiger partial charge in [-0.3, -0.25) is 4.79 Å². The molecular formula is C18H19F3N4O2. The highest BCUT2D eigenvalue weighted by molar-refractivity contribution is 6.04. The van der Waals surface area contributed by atoms with Crippen molar-refractivity contribution in [3.8, 4) is 5.75 Å². The number of alkyl halides is 3. The highest BCUT2D eigenvalue weighted by atomic mass is 19.4. The van der Waals surface area contributed by atoms with E-state index in [1.807, 2.05) is 0 Å². The molecule has 0 bridgehead atoms. The van der Waals surface area contributed by atoms with Crippen LogP contribution in [0.2, 0.25) is 0 Å². The number of rotatable bonds is 4. The fraction of sp³-hybridized carbons (Fsp3) is 0.389. The molecule has 1 aromatic carbocycles. The highest BCUT2D eigenvalue weighted by Crippen LogP contribution is 2.25. The van der Waals surface area contributed by atoms with Crippen molar-refractivity contribution >= 4 is 17.5 Å². The van der Waals surface area contributed by atoms with E-state index in [1.54, 1.807) is 13.8 Å². The third-order valence-electron chi connectivity index (χ3n) is 4.24. The summed E-state index contributed by atoms with van der Waals surface area (Å²) in [4.78, 5) is 23.5. The van der Waals surface area contributed by atoms with E-state index >= 15 is 0 Å². The summed E-state index contributed by atoms with van der Waals surface area (Å²) in [5, 5.41) is 2.73. The maximum atomic E-state index is 12.4. The molecule has 0 spiro atoms. The Balaban J connectivity index is 1.73. The maximum Gasteiger partial charge on any atom is 0.573 e. The lowest BCUT2D eigenvalue weighted by atomic mass is 10.2. The highest BCUT2D eigenvalue weighted by Gasteiger charge is 2.31. The van der Waals surface area contributed by atoms with Crippen LogP contribution in [0.4, 0.5) is 24.8 Å². The van der Waals surface area contributed by atoms with Gasteiger partial charge in [0.2, 0.25) is 5.95 Å². The van der Waals surface area contributed by atoms with Gasteiger partial charge in [0.05, 0.1) is 17.1 Å². The third-order valence-corrected chi connectivity index (χ3v) is 4.24. The predicted octanol–water partition coefficient (Wildman–Crippen LogP) is 3.84. The van der Waals surface area contributed by atoms with E-state index in [9.17, 15) is 18.0 Å². The smallest absolute Gasteiger partial charge is 0.406 e. The summed E-state index contributed by atoms with van der Waals surface area (Å²) in [7, 11) is 0. The van der Waals surface area contributed by atoms with Crippen molar-refractivity contribution in [2.75, 3.05) is 23.3 Å². The lowest BCUT2D eigenvalue weighted by Crippen LogP contribution is -2.22. The third kappa shape index (κ3) is 4.66. The van der Waals surface area contributed by atoms with E-state index in [1.165, 1.54) is 12.1 Å². The summed E-state index contributed by atoms with van der Waals surface area (Å²) < 4.78 is 40.4. The number of benzene rings is 1. The quantitative estimate of drug-likeness (QED) is 0.873. The van der Waals surface area contributed by atoms with Crippen LogP contribution in [0.25, 0.3) is 0 Å². The van der Waals surface area contributed by atoms with Crippen LogP contribution in [0.15, 0.2) is 24.3 Å². The summed E-state index contributed by atoms with van der Waals surface area (Å²) in [5.41, 5.74) is 1.97. The minimum Gasteiger partial charge on any atom is -0.406 e. The van der Waals surface area contributed by atoms with Crippen molar-refractivity contribution in [2.24, 2.45) is 0 Å². The first kappa shape index (κ1) is 18.9. The number of ether oxygens (including phenoxy) is 1. The van der Waals surface area contributed by atoms with Crippen molar-refractivity contribution in [2.45, 2.75) is 33.1 Å². The second kappa shape index (κ2) is 7.42. The minimum absolute atomic E-state index is 0.201. The second-order valence-corrected chi connectivity index (χ2v) is 6.29. The van der Waals surface area contributed by atoms with Crippen molar-refractivity contribution in [1.82, 2.24) is 9.97 Å². The van der Waals surface area contributed by atoms with E-state index in [-0.39, 0.29) is 11.3 Å². The number of nitrogens with zero attached hydrogens (tertiary/aromatic N) is 3. The molecule has 0 unspecified atom stereocenters. The van der Waals surface area contributed by atoms with Crippen LogP contribution < -0.4 is 15.0 Å². The molecule has 1 amide bonds. The molecule has 1 fully saturated rings. The monoisotopic (exact) mass is 380 g/mol. The fourth-order valence-corrected chi connectivity index (χ4v) is 2.93. The van der Waals surface area contributed by atoms with Crippen LogP contribution in [0.1, 0.15) is 34.6 Å². The Morgan fingerprint density at radius 3 is 2.15 bits per heavy atom. The maximum absolute atomic E-state index is 12.4. The summed E-state index contributed by atoms with van der Waals surface area (Å²) >= 11 is 0. The molecule has 9 heteroatoms. The first-order valence-corrected chi connectivity index (χ1v) is 8.50. The number of carbonyl (C=O) groups is 1. The molecule has 3 rings (SSSR count). The van der Waals surface area contributed by atoms with E-state index in [4.69, 9.17) is 0 Å².